The second-order valence-electron chi connectivity index (χ2n) is 4.37. The molecule has 1 aromatic heterocycles. The number of oxazole rings is 1. The number of thioether (sulfide) groups is 1. The van der Waals surface area contributed by atoms with Gasteiger partial charge in [-0.05, 0) is 31.5 Å². The third kappa shape index (κ3) is 3.90. The maximum absolute atomic E-state index is 11.8. The number of halogens is 1. The molecule has 1 aromatic carbocycles. The third-order valence-electron chi connectivity index (χ3n) is 2.68. The van der Waals surface area contributed by atoms with E-state index in [1.165, 1.54) is 11.8 Å². The lowest BCUT2D eigenvalue weighted by atomic mass is 10.3. The molecule has 0 spiro atoms. The number of hydrogen-bond acceptors (Lipinski definition) is 5. The fourth-order valence-corrected chi connectivity index (χ4v) is 2.49. The number of carbonyl (C=O) groups is 1. The zero-order valence-electron chi connectivity index (χ0n) is 11.4. The minimum absolute atomic E-state index is 0.247. The highest BCUT2D eigenvalue weighted by atomic mass is 35.5. The molecule has 1 unspecified atom stereocenters. The molecule has 0 fully saturated rings. The number of rotatable bonds is 6. The molecule has 0 saturated carbocycles. The molecule has 6 heteroatoms. The molecule has 20 heavy (non-hydrogen) atoms. The Labute approximate surface area is 126 Å². The van der Waals surface area contributed by atoms with Crippen LogP contribution in [0.5, 0.6) is 0 Å². The summed E-state index contributed by atoms with van der Waals surface area (Å²) in [6.07, 6.45) is 1.88. The Morgan fingerprint density at radius 2 is 2.35 bits per heavy atom. The van der Waals surface area contributed by atoms with E-state index in [2.05, 4.69) is 11.9 Å². The van der Waals surface area contributed by atoms with Crippen LogP contribution >= 0.6 is 23.4 Å². The molecule has 2 rings (SSSR count). The molecule has 0 radical (unpaired) electrons. The Balaban J connectivity index is 1.98. The van der Waals surface area contributed by atoms with E-state index >= 15 is 0 Å². The summed E-state index contributed by atoms with van der Waals surface area (Å²) in [6, 6.07) is 5.24. The van der Waals surface area contributed by atoms with Gasteiger partial charge in [0.25, 0.3) is 5.22 Å². The molecule has 0 N–H and O–H groups in total. The molecule has 0 bridgehead atoms. The molecule has 0 aliphatic heterocycles. The SMILES string of the molecule is CCCCOC(=O)C(C)Sc1nc2cc(Cl)ccc2o1. The highest BCUT2D eigenvalue weighted by molar-refractivity contribution is 8.00. The maximum atomic E-state index is 11.8. The second-order valence-corrected chi connectivity index (χ2v) is 6.10. The molecule has 1 heterocycles. The number of ether oxygens (including phenoxy) is 1. The summed E-state index contributed by atoms with van der Waals surface area (Å²) in [7, 11) is 0. The molecule has 4 nitrogen and oxygen atoms in total. The Morgan fingerprint density at radius 3 is 3.10 bits per heavy atom. The van der Waals surface area contributed by atoms with Gasteiger partial charge in [0.2, 0.25) is 0 Å². The lowest BCUT2D eigenvalue weighted by Crippen LogP contribution is -2.17. The summed E-state index contributed by atoms with van der Waals surface area (Å²) in [5.74, 6) is -0.247. The Kier molecular flexibility index (Phi) is 5.31. The first-order valence-electron chi connectivity index (χ1n) is 6.49. The van der Waals surface area contributed by atoms with Gasteiger partial charge < -0.3 is 9.15 Å². The van der Waals surface area contributed by atoms with Crippen molar-refractivity contribution in [2.45, 2.75) is 37.2 Å². The number of esters is 1. The van der Waals surface area contributed by atoms with E-state index in [9.17, 15) is 4.79 Å². The highest BCUT2D eigenvalue weighted by Crippen LogP contribution is 2.28. The van der Waals surface area contributed by atoms with E-state index in [0.717, 1.165) is 12.8 Å². The number of benzene rings is 1. The van der Waals surface area contributed by atoms with Gasteiger partial charge in [-0.1, -0.05) is 36.7 Å². The lowest BCUT2D eigenvalue weighted by Gasteiger charge is -2.08. The first kappa shape index (κ1) is 15.2. The van der Waals surface area contributed by atoms with Crippen LogP contribution in [0.25, 0.3) is 11.1 Å². The van der Waals surface area contributed by atoms with Crippen LogP contribution in [0.4, 0.5) is 0 Å². The van der Waals surface area contributed by atoms with Gasteiger partial charge in [-0.2, -0.15) is 0 Å². The van der Waals surface area contributed by atoms with Crippen molar-refractivity contribution >= 4 is 40.4 Å². The van der Waals surface area contributed by atoms with E-state index in [1.807, 2.05) is 0 Å². The number of nitrogens with zero attached hydrogens (tertiary/aromatic N) is 1. The summed E-state index contributed by atoms with van der Waals surface area (Å²) in [5.41, 5.74) is 1.34. The fourth-order valence-electron chi connectivity index (χ4n) is 1.56. The van der Waals surface area contributed by atoms with E-state index in [-0.39, 0.29) is 11.2 Å². The number of fused-ring (bicyclic) bond motifs is 1. The Bertz CT molecular complexity index is 599. The normalized spacial score (nSPS) is 12.6. The second kappa shape index (κ2) is 6.99. The van der Waals surface area contributed by atoms with Crippen LogP contribution in [0.3, 0.4) is 0 Å². The first-order valence-corrected chi connectivity index (χ1v) is 7.75. The average molecular weight is 314 g/mol. The van der Waals surface area contributed by atoms with Crippen molar-refractivity contribution in [3.63, 3.8) is 0 Å². The van der Waals surface area contributed by atoms with E-state index in [4.69, 9.17) is 20.8 Å². The number of hydrogen-bond donors (Lipinski definition) is 0. The van der Waals surface area contributed by atoms with Crippen molar-refractivity contribution in [1.82, 2.24) is 4.98 Å². The van der Waals surface area contributed by atoms with Crippen LogP contribution in [-0.2, 0) is 9.53 Å². The van der Waals surface area contributed by atoms with Gasteiger partial charge in [-0.15, -0.1) is 0 Å². The van der Waals surface area contributed by atoms with Crippen LogP contribution in [0.15, 0.2) is 27.8 Å². The van der Waals surface area contributed by atoms with Crippen molar-refractivity contribution in [3.8, 4) is 0 Å². The predicted molar refractivity (Wildman–Crippen MR) is 80.2 cm³/mol. The number of unbranched alkanes of at least 4 members (excludes halogenated alkanes) is 1. The van der Waals surface area contributed by atoms with Gasteiger partial charge >= 0.3 is 5.97 Å². The smallest absolute Gasteiger partial charge is 0.319 e. The largest absolute Gasteiger partial charge is 0.465 e. The van der Waals surface area contributed by atoms with Crippen LogP contribution < -0.4 is 0 Å². The molecule has 0 amide bonds. The topological polar surface area (TPSA) is 52.3 Å². The summed E-state index contributed by atoms with van der Waals surface area (Å²) in [6.45, 7) is 4.29. The molecule has 2 aromatic rings. The van der Waals surface area contributed by atoms with Gasteiger partial charge in [0.05, 0.1) is 6.61 Å². The fraction of sp³-hybridized carbons (Fsp3) is 0.429. The molecule has 108 valence electrons. The molecule has 1 atom stereocenters. The molecular weight excluding hydrogens is 298 g/mol. The van der Waals surface area contributed by atoms with Crippen LogP contribution in [0.1, 0.15) is 26.7 Å². The monoisotopic (exact) mass is 313 g/mol. The molecule has 0 saturated heterocycles. The minimum atomic E-state index is -0.351. The van der Waals surface area contributed by atoms with Gasteiger partial charge in [0.15, 0.2) is 5.58 Å². The summed E-state index contributed by atoms with van der Waals surface area (Å²) < 4.78 is 10.7. The van der Waals surface area contributed by atoms with Crippen molar-refractivity contribution in [2.24, 2.45) is 0 Å². The lowest BCUT2D eigenvalue weighted by molar-refractivity contribution is -0.142. The van der Waals surface area contributed by atoms with Crippen molar-refractivity contribution < 1.29 is 13.9 Å². The molecule has 0 aliphatic carbocycles. The van der Waals surface area contributed by atoms with Crippen molar-refractivity contribution in [2.75, 3.05) is 6.61 Å². The van der Waals surface area contributed by atoms with Crippen molar-refractivity contribution in [1.29, 1.82) is 0 Å². The van der Waals surface area contributed by atoms with Gasteiger partial charge in [-0.25, -0.2) is 4.98 Å². The summed E-state index contributed by atoms with van der Waals surface area (Å²) in [5, 5.41) is 0.701. The van der Waals surface area contributed by atoms with E-state index < -0.39 is 0 Å². The zero-order valence-corrected chi connectivity index (χ0v) is 13.0. The Hall–Kier alpha value is -1.20. The predicted octanol–water partition coefficient (Wildman–Crippen LogP) is 4.31. The third-order valence-corrected chi connectivity index (χ3v) is 3.84. The number of carbonyl (C=O) groups excluding carboxylic acids is 1. The minimum Gasteiger partial charge on any atom is -0.465 e. The Morgan fingerprint density at radius 1 is 1.55 bits per heavy atom. The van der Waals surface area contributed by atoms with Gasteiger partial charge in [0, 0.05) is 5.02 Å². The average Bonchev–Trinajstić information content (AvgIpc) is 2.80. The molecular formula is C14H16ClNO3S. The van der Waals surface area contributed by atoms with Crippen LogP contribution in [-0.4, -0.2) is 22.8 Å². The summed E-state index contributed by atoms with van der Waals surface area (Å²) in [4.78, 5) is 16.1. The molecule has 0 aliphatic rings. The summed E-state index contributed by atoms with van der Waals surface area (Å²) >= 11 is 7.14. The van der Waals surface area contributed by atoms with E-state index in [0.29, 0.717) is 28.0 Å². The maximum Gasteiger partial charge on any atom is 0.319 e. The van der Waals surface area contributed by atoms with Gasteiger partial charge in [0.1, 0.15) is 10.8 Å². The quantitative estimate of drug-likeness (QED) is 0.452. The van der Waals surface area contributed by atoms with Crippen molar-refractivity contribution in [3.05, 3.63) is 23.2 Å². The zero-order chi connectivity index (χ0) is 14.5. The highest BCUT2D eigenvalue weighted by Gasteiger charge is 2.19. The van der Waals surface area contributed by atoms with Crippen LogP contribution in [0, 0.1) is 0 Å². The van der Waals surface area contributed by atoms with E-state index in [1.54, 1.807) is 25.1 Å². The standard InChI is InChI=1S/C14H16ClNO3S/c1-3-4-7-18-13(17)9(2)20-14-16-11-8-10(15)5-6-12(11)19-14/h5-6,8-9H,3-4,7H2,1-2H3. The number of aromatic nitrogens is 1. The van der Waals surface area contributed by atoms with Gasteiger partial charge in [-0.3, -0.25) is 4.79 Å². The van der Waals surface area contributed by atoms with Crippen LogP contribution in [0.2, 0.25) is 5.02 Å². The first-order chi connectivity index (χ1) is 9.60.